The van der Waals surface area contributed by atoms with Gasteiger partial charge in [-0.15, -0.1) is 0 Å². The maximum absolute atomic E-state index is 10.8. The summed E-state index contributed by atoms with van der Waals surface area (Å²) in [5.74, 6) is -0.451. The molecule has 1 rings (SSSR count). The van der Waals surface area contributed by atoms with E-state index in [-0.39, 0.29) is 11.3 Å². The van der Waals surface area contributed by atoms with Crippen molar-refractivity contribution in [3.05, 3.63) is 0 Å². The Morgan fingerprint density at radius 3 is 2.50 bits per heavy atom. The molecule has 1 fully saturated rings. The van der Waals surface area contributed by atoms with Crippen LogP contribution in [0.25, 0.3) is 0 Å². The monoisotopic (exact) mass is 170 g/mol. The fraction of sp³-hybridized carbons (Fsp3) is 0.900. The van der Waals surface area contributed by atoms with Crippen LogP contribution in [-0.4, -0.2) is 11.1 Å². The van der Waals surface area contributed by atoms with Crippen LogP contribution in [0, 0.1) is 17.3 Å². The van der Waals surface area contributed by atoms with E-state index < -0.39 is 5.97 Å². The van der Waals surface area contributed by atoms with E-state index in [4.69, 9.17) is 5.11 Å². The van der Waals surface area contributed by atoms with Crippen LogP contribution >= 0.6 is 0 Å². The first-order valence-corrected chi connectivity index (χ1v) is 4.68. The topological polar surface area (TPSA) is 37.3 Å². The number of carbonyl (C=O) groups is 1. The van der Waals surface area contributed by atoms with Gasteiger partial charge in [0.1, 0.15) is 0 Å². The summed E-state index contributed by atoms with van der Waals surface area (Å²) in [6.45, 7) is 6.20. The molecule has 2 atom stereocenters. The smallest absolute Gasteiger partial charge is 0.306 e. The SMILES string of the molecule is C[C@H](C(=O)O)C1CCCC1(C)C. The molecule has 0 heterocycles. The second kappa shape index (κ2) is 3.08. The fourth-order valence-corrected chi connectivity index (χ4v) is 2.45. The average Bonchev–Trinajstić information content (AvgIpc) is 2.27. The molecule has 1 aliphatic carbocycles. The lowest BCUT2D eigenvalue weighted by molar-refractivity contribution is -0.144. The van der Waals surface area contributed by atoms with E-state index in [1.807, 2.05) is 6.92 Å². The van der Waals surface area contributed by atoms with E-state index in [0.29, 0.717) is 5.92 Å². The average molecular weight is 170 g/mol. The summed E-state index contributed by atoms with van der Waals surface area (Å²) in [7, 11) is 0. The molecule has 1 N–H and O–H groups in total. The molecular weight excluding hydrogens is 152 g/mol. The molecule has 0 spiro atoms. The highest BCUT2D eigenvalue weighted by Gasteiger charge is 2.40. The summed E-state index contributed by atoms with van der Waals surface area (Å²) in [4.78, 5) is 10.8. The van der Waals surface area contributed by atoms with Gasteiger partial charge in [-0.3, -0.25) is 4.79 Å². The number of carboxylic acids is 1. The lowest BCUT2D eigenvalue weighted by Gasteiger charge is -2.29. The third kappa shape index (κ3) is 1.62. The predicted octanol–water partition coefficient (Wildman–Crippen LogP) is 2.53. The van der Waals surface area contributed by atoms with E-state index >= 15 is 0 Å². The van der Waals surface area contributed by atoms with Crippen LogP contribution in [0.5, 0.6) is 0 Å². The molecule has 0 amide bonds. The van der Waals surface area contributed by atoms with E-state index in [1.165, 1.54) is 12.8 Å². The van der Waals surface area contributed by atoms with Crippen LogP contribution in [0.2, 0.25) is 0 Å². The van der Waals surface area contributed by atoms with Crippen LogP contribution in [0.3, 0.4) is 0 Å². The number of hydrogen-bond acceptors (Lipinski definition) is 1. The van der Waals surface area contributed by atoms with Gasteiger partial charge >= 0.3 is 5.97 Å². The van der Waals surface area contributed by atoms with Crippen molar-refractivity contribution in [1.29, 1.82) is 0 Å². The Morgan fingerprint density at radius 2 is 2.17 bits per heavy atom. The first-order valence-electron chi connectivity index (χ1n) is 4.68. The zero-order chi connectivity index (χ0) is 9.35. The van der Waals surface area contributed by atoms with Gasteiger partial charge in [0, 0.05) is 0 Å². The summed E-state index contributed by atoms with van der Waals surface area (Å²) in [6, 6.07) is 0. The number of rotatable bonds is 2. The van der Waals surface area contributed by atoms with Crippen LogP contribution in [0.15, 0.2) is 0 Å². The molecule has 0 radical (unpaired) electrons. The van der Waals surface area contributed by atoms with Crippen LogP contribution in [0.4, 0.5) is 0 Å². The third-order valence-corrected chi connectivity index (χ3v) is 3.33. The second-order valence-electron chi connectivity index (χ2n) is 4.61. The van der Waals surface area contributed by atoms with Gasteiger partial charge in [-0.2, -0.15) is 0 Å². The quantitative estimate of drug-likeness (QED) is 0.691. The van der Waals surface area contributed by atoms with Gasteiger partial charge in [-0.1, -0.05) is 27.2 Å². The molecule has 1 saturated carbocycles. The normalized spacial score (nSPS) is 30.1. The van der Waals surface area contributed by atoms with Crippen LogP contribution < -0.4 is 0 Å². The number of hydrogen-bond donors (Lipinski definition) is 1. The van der Waals surface area contributed by atoms with Crippen molar-refractivity contribution >= 4 is 5.97 Å². The Hall–Kier alpha value is -0.530. The van der Waals surface area contributed by atoms with Crippen molar-refractivity contribution in [2.45, 2.75) is 40.0 Å². The van der Waals surface area contributed by atoms with Gasteiger partial charge in [0.2, 0.25) is 0 Å². The summed E-state index contributed by atoms with van der Waals surface area (Å²) in [5.41, 5.74) is 0.234. The molecule has 1 aliphatic rings. The van der Waals surface area contributed by atoms with Gasteiger partial charge < -0.3 is 5.11 Å². The molecular formula is C10H18O2. The maximum atomic E-state index is 10.8. The van der Waals surface area contributed by atoms with E-state index in [0.717, 1.165) is 6.42 Å². The number of aliphatic carboxylic acids is 1. The first kappa shape index (κ1) is 9.56. The molecule has 0 bridgehead atoms. The van der Waals surface area contributed by atoms with Gasteiger partial charge in [-0.25, -0.2) is 0 Å². The molecule has 0 saturated heterocycles. The lowest BCUT2D eigenvalue weighted by atomic mass is 9.75. The summed E-state index contributed by atoms with van der Waals surface area (Å²) >= 11 is 0. The third-order valence-electron chi connectivity index (χ3n) is 3.33. The minimum atomic E-state index is -0.644. The minimum absolute atomic E-state index is 0.178. The standard InChI is InChI=1S/C10H18O2/c1-7(9(11)12)8-5-4-6-10(8,2)3/h7-8H,4-6H2,1-3H3,(H,11,12)/t7-,8?/m0/s1. The molecule has 2 heteroatoms. The number of carboxylic acid groups (broad SMARTS) is 1. The highest BCUT2D eigenvalue weighted by atomic mass is 16.4. The van der Waals surface area contributed by atoms with Crippen LogP contribution in [-0.2, 0) is 4.79 Å². The molecule has 12 heavy (non-hydrogen) atoms. The largest absolute Gasteiger partial charge is 0.481 e. The zero-order valence-corrected chi connectivity index (χ0v) is 8.13. The van der Waals surface area contributed by atoms with Crippen molar-refractivity contribution in [3.8, 4) is 0 Å². The van der Waals surface area contributed by atoms with E-state index in [9.17, 15) is 4.79 Å². The van der Waals surface area contributed by atoms with Gasteiger partial charge in [0.05, 0.1) is 5.92 Å². The molecule has 0 aromatic carbocycles. The molecule has 2 nitrogen and oxygen atoms in total. The van der Waals surface area contributed by atoms with Crippen molar-refractivity contribution in [2.24, 2.45) is 17.3 Å². The Morgan fingerprint density at radius 1 is 1.58 bits per heavy atom. The minimum Gasteiger partial charge on any atom is -0.481 e. The highest BCUT2D eigenvalue weighted by Crippen LogP contribution is 2.46. The summed E-state index contributed by atoms with van der Waals surface area (Å²) < 4.78 is 0. The molecule has 70 valence electrons. The van der Waals surface area contributed by atoms with Crippen molar-refractivity contribution in [2.75, 3.05) is 0 Å². The van der Waals surface area contributed by atoms with Gasteiger partial charge in [-0.05, 0) is 24.2 Å². The molecule has 0 aromatic rings. The Labute approximate surface area is 74.0 Å². The second-order valence-corrected chi connectivity index (χ2v) is 4.61. The first-order chi connectivity index (χ1) is 5.45. The highest BCUT2D eigenvalue weighted by molar-refractivity contribution is 5.70. The molecule has 0 aromatic heterocycles. The maximum Gasteiger partial charge on any atom is 0.306 e. The van der Waals surface area contributed by atoms with Crippen LogP contribution in [0.1, 0.15) is 40.0 Å². The van der Waals surface area contributed by atoms with E-state index in [1.54, 1.807) is 0 Å². The Bertz CT molecular complexity index is 184. The lowest BCUT2D eigenvalue weighted by Crippen LogP contribution is -2.28. The zero-order valence-electron chi connectivity index (χ0n) is 8.13. The Kier molecular flexibility index (Phi) is 2.45. The van der Waals surface area contributed by atoms with Gasteiger partial charge in [0.15, 0.2) is 0 Å². The predicted molar refractivity (Wildman–Crippen MR) is 47.9 cm³/mol. The fourth-order valence-electron chi connectivity index (χ4n) is 2.45. The summed E-state index contributed by atoms with van der Waals surface area (Å²) in [6.07, 6.45) is 3.45. The molecule has 0 aliphatic heterocycles. The Balaban J connectivity index is 2.68. The van der Waals surface area contributed by atoms with Gasteiger partial charge in [0.25, 0.3) is 0 Å². The van der Waals surface area contributed by atoms with Crippen molar-refractivity contribution in [1.82, 2.24) is 0 Å². The van der Waals surface area contributed by atoms with E-state index in [2.05, 4.69) is 13.8 Å². The molecule has 1 unspecified atom stereocenters. The van der Waals surface area contributed by atoms with Crippen molar-refractivity contribution < 1.29 is 9.90 Å². The van der Waals surface area contributed by atoms with Crippen molar-refractivity contribution in [3.63, 3.8) is 0 Å². The summed E-state index contributed by atoms with van der Waals surface area (Å²) in [5, 5.41) is 8.87.